The minimum absolute atomic E-state index is 0.306. The van der Waals surface area contributed by atoms with Crippen LogP contribution in [0.15, 0.2) is 5.16 Å². The molecule has 0 heterocycles. The Hall–Kier alpha value is -0.643. The molecule has 0 aromatic rings. The SMILES string of the molecule is CCCCC[C@H]1/C(=N/OC(C)=O)CCC[C@@H]1[Si](C)(C)C. The molecule has 116 valence electrons. The van der Waals surface area contributed by atoms with Crippen molar-refractivity contribution in [2.45, 2.75) is 84.0 Å². The number of rotatable bonds is 6. The van der Waals surface area contributed by atoms with Gasteiger partial charge in [-0.2, -0.15) is 0 Å². The van der Waals surface area contributed by atoms with Crippen LogP contribution in [0, 0.1) is 5.92 Å². The molecule has 0 saturated heterocycles. The van der Waals surface area contributed by atoms with Gasteiger partial charge in [-0.15, -0.1) is 0 Å². The summed E-state index contributed by atoms with van der Waals surface area (Å²) in [6.45, 7) is 11.0. The average molecular weight is 298 g/mol. The zero-order chi connectivity index (χ0) is 15.2. The Balaban J connectivity index is 2.84. The van der Waals surface area contributed by atoms with E-state index in [-0.39, 0.29) is 5.97 Å². The number of nitrogens with zero attached hydrogens (tertiary/aromatic N) is 1. The van der Waals surface area contributed by atoms with E-state index < -0.39 is 8.07 Å². The Morgan fingerprint density at radius 2 is 2.05 bits per heavy atom. The number of unbranched alkanes of at least 4 members (excludes halogenated alkanes) is 2. The summed E-state index contributed by atoms with van der Waals surface area (Å²) >= 11 is 0. The van der Waals surface area contributed by atoms with Gasteiger partial charge in [0.2, 0.25) is 0 Å². The summed E-state index contributed by atoms with van der Waals surface area (Å²) in [5.41, 5.74) is 1.93. The molecule has 3 nitrogen and oxygen atoms in total. The van der Waals surface area contributed by atoms with E-state index in [1.54, 1.807) is 0 Å². The van der Waals surface area contributed by atoms with Crippen molar-refractivity contribution in [3.63, 3.8) is 0 Å². The molecular weight excluding hydrogens is 266 g/mol. The smallest absolute Gasteiger partial charge is 0.319 e. The van der Waals surface area contributed by atoms with E-state index in [0.29, 0.717) is 5.92 Å². The van der Waals surface area contributed by atoms with Crippen molar-refractivity contribution in [2.24, 2.45) is 11.1 Å². The van der Waals surface area contributed by atoms with E-state index in [0.717, 1.165) is 17.7 Å². The van der Waals surface area contributed by atoms with Crippen molar-refractivity contribution < 1.29 is 9.63 Å². The molecule has 1 aliphatic rings. The van der Waals surface area contributed by atoms with Gasteiger partial charge >= 0.3 is 5.97 Å². The molecule has 0 aliphatic heterocycles. The second-order valence-electron chi connectivity index (χ2n) is 7.13. The molecular formula is C16H31NO2Si. The summed E-state index contributed by atoms with van der Waals surface area (Å²) in [6, 6.07) is 0. The van der Waals surface area contributed by atoms with Gasteiger partial charge in [0, 0.05) is 20.9 Å². The molecule has 0 aromatic carbocycles. The number of oxime groups is 1. The number of carbonyl (C=O) groups excluding carboxylic acids is 1. The Morgan fingerprint density at radius 3 is 2.60 bits per heavy atom. The summed E-state index contributed by atoms with van der Waals surface area (Å²) in [6.07, 6.45) is 8.54. The zero-order valence-electron chi connectivity index (χ0n) is 13.9. The fraction of sp³-hybridized carbons (Fsp3) is 0.875. The van der Waals surface area contributed by atoms with Gasteiger partial charge in [0.1, 0.15) is 0 Å². The molecule has 1 saturated carbocycles. The lowest BCUT2D eigenvalue weighted by atomic mass is 9.83. The highest BCUT2D eigenvalue weighted by atomic mass is 28.3. The fourth-order valence-corrected chi connectivity index (χ4v) is 6.01. The standard InChI is InChI=1S/C16H31NO2Si/c1-6-7-8-10-14-15(17-19-13(2)18)11-9-12-16(14)20(3,4)5/h14,16H,6-12H2,1-5H3/b17-15+/t14-,16-/m0/s1. The van der Waals surface area contributed by atoms with E-state index in [1.807, 2.05) is 0 Å². The minimum atomic E-state index is -1.20. The van der Waals surface area contributed by atoms with Crippen LogP contribution in [0.3, 0.4) is 0 Å². The van der Waals surface area contributed by atoms with Gasteiger partial charge < -0.3 is 4.84 Å². The second kappa shape index (κ2) is 7.96. The van der Waals surface area contributed by atoms with Crippen LogP contribution in [0.4, 0.5) is 0 Å². The second-order valence-corrected chi connectivity index (χ2v) is 12.6. The number of hydrogen-bond donors (Lipinski definition) is 0. The van der Waals surface area contributed by atoms with Crippen molar-refractivity contribution in [1.29, 1.82) is 0 Å². The van der Waals surface area contributed by atoms with Gasteiger partial charge in [-0.25, -0.2) is 4.79 Å². The van der Waals surface area contributed by atoms with E-state index in [2.05, 4.69) is 31.7 Å². The number of carbonyl (C=O) groups is 1. The van der Waals surface area contributed by atoms with Crippen LogP contribution in [0.25, 0.3) is 0 Å². The van der Waals surface area contributed by atoms with Gasteiger partial charge in [0.25, 0.3) is 0 Å². The molecule has 1 rings (SSSR count). The van der Waals surface area contributed by atoms with Gasteiger partial charge in [0.05, 0.1) is 5.71 Å². The monoisotopic (exact) mass is 297 g/mol. The molecule has 4 heteroatoms. The summed E-state index contributed by atoms with van der Waals surface area (Å²) in [7, 11) is -1.20. The molecule has 20 heavy (non-hydrogen) atoms. The van der Waals surface area contributed by atoms with Crippen molar-refractivity contribution in [2.75, 3.05) is 0 Å². The summed E-state index contributed by atoms with van der Waals surface area (Å²) in [4.78, 5) is 16.0. The van der Waals surface area contributed by atoms with Gasteiger partial charge in [0.15, 0.2) is 0 Å². The minimum Gasteiger partial charge on any atom is -0.319 e. The first-order valence-electron chi connectivity index (χ1n) is 8.10. The van der Waals surface area contributed by atoms with Crippen molar-refractivity contribution in [1.82, 2.24) is 0 Å². The first-order valence-corrected chi connectivity index (χ1v) is 11.7. The molecule has 2 atom stereocenters. The molecule has 0 spiro atoms. The normalized spacial score (nSPS) is 25.8. The highest BCUT2D eigenvalue weighted by Crippen LogP contribution is 2.42. The lowest BCUT2D eigenvalue weighted by Gasteiger charge is -2.40. The topological polar surface area (TPSA) is 38.7 Å². The van der Waals surface area contributed by atoms with Crippen molar-refractivity contribution >= 4 is 19.8 Å². The maximum atomic E-state index is 11.0. The highest BCUT2D eigenvalue weighted by Gasteiger charge is 2.38. The van der Waals surface area contributed by atoms with E-state index in [1.165, 1.54) is 45.4 Å². The van der Waals surface area contributed by atoms with Crippen LogP contribution < -0.4 is 0 Å². The van der Waals surface area contributed by atoms with E-state index in [4.69, 9.17) is 4.84 Å². The summed E-state index contributed by atoms with van der Waals surface area (Å²) in [5.74, 6) is 0.237. The first-order chi connectivity index (χ1) is 9.36. The largest absolute Gasteiger partial charge is 0.331 e. The van der Waals surface area contributed by atoms with Crippen LogP contribution in [-0.4, -0.2) is 19.8 Å². The average Bonchev–Trinajstić information content (AvgIpc) is 2.36. The molecule has 0 amide bonds. The van der Waals surface area contributed by atoms with Crippen LogP contribution in [-0.2, 0) is 9.63 Å². The molecule has 0 unspecified atom stereocenters. The first kappa shape index (κ1) is 17.4. The molecule has 0 N–H and O–H groups in total. The molecule has 0 radical (unpaired) electrons. The third kappa shape index (κ3) is 5.39. The van der Waals surface area contributed by atoms with E-state index in [9.17, 15) is 4.79 Å². The third-order valence-corrected chi connectivity index (χ3v) is 7.30. The van der Waals surface area contributed by atoms with E-state index >= 15 is 0 Å². The van der Waals surface area contributed by atoms with Crippen LogP contribution in [0.5, 0.6) is 0 Å². The molecule has 0 bridgehead atoms. The Kier molecular flexibility index (Phi) is 6.93. The zero-order valence-corrected chi connectivity index (χ0v) is 14.9. The Labute approximate surface area is 125 Å². The van der Waals surface area contributed by atoms with Crippen LogP contribution >= 0.6 is 0 Å². The molecule has 1 aliphatic carbocycles. The third-order valence-electron chi connectivity index (χ3n) is 4.38. The van der Waals surface area contributed by atoms with Crippen molar-refractivity contribution in [3.05, 3.63) is 0 Å². The lowest BCUT2D eigenvalue weighted by molar-refractivity contribution is -0.141. The summed E-state index contributed by atoms with van der Waals surface area (Å²) in [5, 5.41) is 4.20. The highest BCUT2D eigenvalue weighted by molar-refractivity contribution is 6.77. The van der Waals surface area contributed by atoms with Gasteiger partial charge in [-0.05, 0) is 24.8 Å². The molecule has 0 aromatic heterocycles. The Bertz CT molecular complexity index is 347. The van der Waals surface area contributed by atoms with Crippen LogP contribution in [0.1, 0.15) is 58.8 Å². The Morgan fingerprint density at radius 1 is 1.35 bits per heavy atom. The quantitative estimate of drug-likeness (QED) is 0.300. The molecule has 1 fully saturated rings. The maximum absolute atomic E-state index is 11.0. The van der Waals surface area contributed by atoms with Crippen molar-refractivity contribution in [3.8, 4) is 0 Å². The predicted molar refractivity (Wildman–Crippen MR) is 87.8 cm³/mol. The van der Waals surface area contributed by atoms with Gasteiger partial charge in [-0.3, -0.25) is 0 Å². The summed E-state index contributed by atoms with van der Waals surface area (Å²) < 4.78 is 0. The maximum Gasteiger partial charge on any atom is 0.331 e. The number of hydrogen-bond acceptors (Lipinski definition) is 3. The predicted octanol–water partition coefficient (Wildman–Crippen LogP) is 4.99. The van der Waals surface area contributed by atoms with Gasteiger partial charge in [-0.1, -0.05) is 57.4 Å². The van der Waals surface area contributed by atoms with Crippen LogP contribution in [0.2, 0.25) is 25.2 Å². The lowest BCUT2D eigenvalue weighted by Crippen LogP contribution is -2.39. The fourth-order valence-electron chi connectivity index (χ4n) is 3.38.